The maximum atomic E-state index is 3.76. The van der Waals surface area contributed by atoms with Crippen molar-refractivity contribution in [3.8, 4) is 0 Å². The Balaban J connectivity index is 2.45. The van der Waals surface area contributed by atoms with Crippen molar-refractivity contribution in [1.82, 2.24) is 5.32 Å². The molecule has 1 atom stereocenters. The molecule has 0 spiro atoms. The zero-order chi connectivity index (χ0) is 15.8. The molecule has 0 amide bonds. The lowest BCUT2D eigenvalue weighted by atomic mass is 9.81. The standard InChI is InChI=1S/C20H29N/c1-14-12-15(2)17(13-14)16-10-8-9-11-18(16)20(6,7)21-19(3,4)5/h8-13,17,21H,1-7H3. The van der Waals surface area contributed by atoms with Gasteiger partial charge in [-0.15, -0.1) is 0 Å². The molecule has 0 saturated heterocycles. The van der Waals surface area contributed by atoms with Gasteiger partial charge in [-0.25, -0.2) is 0 Å². The summed E-state index contributed by atoms with van der Waals surface area (Å²) in [6, 6.07) is 8.84. The molecule has 0 fully saturated rings. The van der Waals surface area contributed by atoms with Gasteiger partial charge in [0.2, 0.25) is 0 Å². The molecule has 0 saturated carbocycles. The first-order valence-corrected chi connectivity index (χ1v) is 7.85. The van der Waals surface area contributed by atoms with Crippen LogP contribution in [0.2, 0.25) is 0 Å². The molecule has 1 aromatic carbocycles. The fourth-order valence-corrected chi connectivity index (χ4v) is 3.57. The minimum Gasteiger partial charge on any atom is -0.303 e. The number of allylic oxidation sites excluding steroid dienone is 4. The van der Waals surface area contributed by atoms with Crippen LogP contribution in [0.3, 0.4) is 0 Å². The summed E-state index contributed by atoms with van der Waals surface area (Å²) in [5, 5.41) is 3.76. The van der Waals surface area contributed by atoms with Crippen molar-refractivity contribution in [2.75, 3.05) is 0 Å². The van der Waals surface area contributed by atoms with E-state index < -0.39 is 0 Å². The van der Waals surface area contributed by atoms with E-state index in [4.69, 9.17) is 0 Å². The van der Waals surface area contributed by atoms with Gasteiger partial charge >= 0.3 is 0 Å². The SMILES string of the molecule is CC1=CC(c2ccccc2C(C)(C)NC(C)(C)C)C(C)=C1. The van der Waals surface area contributed by atoms with Crippen molar-refractivity contribution in [3.63, 3.8) is 0 Å². The molecule has 1 aliphatic carbocycles. The van der Waals surface area contributed by atoms with Gasteiger partial charge in [0.15, 0.2) is 0 Å². The number of hydrogen-bond acceptors (Lipinski definition) is 1. The van der Waals surface area contributed by atoms with Crippen LogP contribution in [-0.2, 0) is 5.54 Å². The molecule has 0 aromatic heterocycles. The van der Waals surface area contributed by atoms with Crippen LogP contribution in [0.1, 0.15) is 65.5 Å². The monoisotopic (exact) mass is 283 g/mol. The lowest BCUT2D eigenvalue weighted by Crippen LogP contribution is -2.48. The number of hydrogen-bond donors (Lipinski definition) is 1. The largest absolute Gasteiger partial charge is 0.303 e. The van der Waals surface area contributed by atoms with Crippen LogP contribution in [0, 0.1) is 0 Å². The molecule has 1 heteroatoms. The van der Waals surface area contributed by atoms with Crippen LogP contribution in [0.4, 0.5) is 0 Å². The summed E-state index contributed by atoms with van der Waals surface area (Å²) in [5.41, 5.74) is 5.65. The van der Waals surface area contributed by atoms with Crippen LogP contribution in [0.25, 0.3) is 0 Å². The van der Waals surface area contributed by atoms with Crippen LogP contribution >= 0.6 is 0 Å². The summed E-state index contributed by atoms with van der Waals surface area (Å²) in [4.78, 5) is 0. The fraction of sp³-hybridized carbons (Fsp3) is 0.500. The lowest BCUT2D eigenvalue weighted by Gasteiger charge is -2.37. The molecule has 21 heavy (non-hydrogen) atoms. The molecule has 1 aromatic rings. The minimum atomic E-state index is -0.0561. The van der Waals surface area contributed by atoms with E-state index in [0.717, 1.165) is 0 Å². The van der Waals surface area contributed by atoms with Gasteiger partial charge in [-0.3, -0.25) is 0 Å². The first-order chi connectivity index (χ1) is 9.60. The average Bonchev–Trinajstić information content (AvgIpc) is 2.65. The Bertz CT molecular complexity index is 582. The molecule has 2 rings (SSSR count). The Labute approximate surface area is 130 Å². The average molecular weight is 283 g/mol. The van der Waals surface area contributed by atoms with E-state index in [9.17, 15) is 0 Å². The fourth-order valence-electron chi connectivity index (χ4n) is 3.57. The highest BCUT2D eigenvalue weighted by atomic mass is 15.0. The summed E-state index contributed by atoms with van der Waals surface area (Å²) in [7, 11) is 0. The Morgan fingerprint density at radius 1 is 0.952 bits per heavy atom. The summed E-state index contributed by atoms with van der Waals surface area (Å²) >= 11 is 0. The van der Waals surface area contributed by atoms with Gasteiger partial charge in [-0.2, -0.15) is 0 Å². The van der Waals surface area contributed by atoms with Crippen molar-refractivity contribution in [2.24, 2.45) is 0 Å². The summed E-state index contributed by atoms with van der Waals surface area (Å²) in [6.07, 6.45) is 4.67. The highest BCUT2D eigenvalue weighted by Crippen LogP contribution is 2.38. The number of benzene rings is 1. The first-order valence-electron chi connectivity index (χ1n) is 7.85. The van der Waals surface area contributed by atoms with Gasteiger partial charge in [0.1, 0.15) is 0 Å². The van der Waals surface area contributed by atoms with Crippen molar-refractivity contribution in [2.45, 2.75) is 65.5 Å². The minimum absolute atomic E-state index is 0.0561. The van der Waals surface area contributed by atoms with Crippen LogP contribution in [-0.4, -0.2) is 5.54 Å². The highest BCUT2D eigenvalue weighted by Gasteiger charge is 2.30. The van der Waals surface area contributed by atoms with Crippen molar-refractivity contribution in [3.05, 3.63) is 58.7 Å². The molecule has 1 N–H and O–H groups in total. The molecular weight excluding hydrogens is 254 g/mol. The van der Waals surface area contributed by atoms with Gasteiger partial charge in [0, 0.05) is 17.0 Å². The Kier molecular flexibility index (Phi) is 4.17. The molecule has 0 bridgehead atoms. The Hall–Kier alpha value is -1.34. The van der Waals surface area contributed by atoms with E-state index in [-0.39, 0.29) is 11.1 Å². The summed E-state index contributed by atoms with van der Waals surface area (Å²) in [5.74, 6) is 0.419. The third-order valence-corrected chi connectivity index (χ3v) is 4.03. The molecule has 1 aliphatic rings. The van der Waals surface area contributed by atoms with Crippen LogP contribution < -0.4 is 5.32 Å². The topological polar surface area (TPSA) is 12.0 Å². The van der Waals surface area contributed by atoms with E-state index in [0.29, 0.717) is 5.92 Å². The smallest absolute Gasteiger partial charge is 0.0384 e. The van der Waals surface area contributed by atoms with Crippen molar-refractivity contribution < 1.29 is 0 Å². The second-order valence-corrected chi connectivity index (χ2v) is 7.86. The van der Waals surface area contributed by atoms with E-state index in [2.05, 4.69) is 90.2 Å². The third kappa shape index (κ3) is 3.65. The predicted octanol–water partition coefficient (Wildman–Crippen LogP) is 5.30. The molecule has 0 radical (unpaired) electrons. The zero-order valence-corrected chi connectivity index (χ0v) is 14.5. The van der Waals surface area contributed by atoms with Gasteiger partial charge in [0.25, 0.3) is 0 Å². The quantitative estimate of drug-likeness (QED) is 0.793. The Morgan fingerprint density at radius 3 is 2.10 bits per heavy atom. The normalized spacial score (nSPS) is 19.5. The van der Waals surface area contributed by atoms with Gasteiger partial charge < -0.3 is 5.32 Å². The van der Waals surface area contributed by atoms with E-state index in [1.807, 2.05) is 0 Å². The summed E-state index contributed by atoms with van der Waals surface area (Å²) in [6.45, 7) is 15.7. The van der Waals surface area contributed by atoms with Crippen LogP contribution in [0.5, 0.6) is 0 Å². The maximum Gasteiger partial charge on any atom is 0.0384 e. The molecule has 0 aliphatic heterocycles. The molecule has 1 unspecified atom stereocenters. The molecular formula is C20H29N. The zero-order valence-electron chi connectivity index (χ0n) is 14.5. The predicted molar refractivity (Wildman–Crippen MR) is 92.6 cm³/mol. The van der Waals surface area contributed by atoms with Gasteiger partial charge in [-0.05, 0) is 59.6 Å². The van der Waals surface area contributed by atoms with Gasteiger partial charge in [-0.1, -0.05) is 47.6 Å². The van der Waals surface area contributed by atoms with E-state index in [1.165, 1.54) is 22.3 Å². The van der Waals surface area contributed by atoms with Gasteiger partial charge in [0.05, 0.1) is 0 Å². The Morgan fingerprint density at radius 2 is 1.57 bits per heavy atom. The first kappa shape index (κ1) is 16.0. The second-order valence-electron chi connectivity index (χ2n) is 7.86. The lowest BCUT2D eigenvalue weighted by molar-refractivity contribution is 0.285. The van der Waals surface area contributed by atoms with Crippen LogP contribution in [0.15, 0.2) is 47.6 Å². The maximum absolute atomic E-state index is 3.76. The van der Waals surface area contributed by atoms with Crippen molar-refractivity contribution in [1.29, 1.82) is 0 Å². The number of rotatable bonds is 3. The van der Waals surface area contributed by atoms with Crippen molar-refractivity contribution >= 4 is 0 Å². The molecule has 0 heterocycles. The summed E-state index contributed by atoms with van der Waals surface area (Å²) < 4.78 is 0. The van der Waals surface area contributed by atoms with E-state index >= 15 is 0 Å². The second kappa shape index (κ2) is 5.46. The van der Waals surface area contributed by atoms with E-state index in [1.54, 1.807) is 0 Å². The highest BCUT2D eigenvalue weighted by molar-refractivity contribution is 5.48. The molecule has 114 valence electrons. The third-order valence-electron chi connectivity index (χ3n) is 4.03. The molecule has 1 nitrogen and oxygen atoms in total. The number of nitrogens with one attached hydrogen (secondary N) is 1.